The van der Waals surface area contributed by atoms with Crippen LogP contribution >= 0.6 is 0 Å². The first-order valence-corrected chi connectivity index (χ1v) is 7.43. The zero-order valence-electron chi connectivity index (χ0n) is 13.3. The minimum absolute atomic E-state index is 0.0597. The lowest BCUT2D eigenvalue weighted by Crippen LogP contribution is -2.18. The van der Waals surface area contributed by atoms with E-state index in [9.17, 15) is 17.6 Å². The number of fused-ring (bicyclic) bond motifs is 1. The average molecular weight is 346 g/mol. The molecule has 0 aliphatic rings. The van der Waals surface area contributed by atoms with Gasteiger partial charge in [-0.2, -0.15) is 13.2 Å². The smallest absolute Gasteiger partial charge is 0.337 e. The minimum atomic E-state index is -4.53. The van der Waals surface area contributed by atoms with Crippen LogP contribution in [0.4, 0.5) is 23.4 Å². The second-order valence-corrected chi connectivity index (χ2v) is 5.69. The third kappa shape index (κ3) is 3.63. The van der Waals surface area contributed by atoms with Crippen LogP contribution in [-0.4, -0.2) is 11.2 Å². The molecule has 3 aromatic rings. The number of hydrogen-bond acceptors (Lipinski definition) is 2. The average Bonchev–Trinajstić information content (AvgIpc) is 2.55. The van der Waals surface area contributed by atoms with Crippen LogP contribution in [0.5, 0.6) is 0 Å². The zero-order valence-corrected chi connectivity index (χ0v) is 13.3. The topological polar surface area (TPSA) is 24.9 Å². The Morgan fingerprint density at radius 3 is 2.52 bits per heavy atom. The van der Waals surface area contributed by atoms with E-state index in [0.29, 0.717) is 5.39 Å². The summed E-state index contributed by atoms with van der Waals surface area (Å²) < 4.78 is 51.1. The second kappa shape index (κ2) is 6.20. The standard InChI is InChI=1S/C19H14F4N2/c1-11-3-6-16(20)9-17(11)14-5-4-13-8-18(24-10-15(13)7-14)25-12(2)19(21,22)23/h3-10H,2H2,1H3,(H,24,25). The summed E-state index contributed by atoms with van der Waals surface area (Å²) in [5, 5.41) is 3.61. The van der Waals surface area contributed by atoms with Gasteiger partial charge in [-0.1, -0.05) is 24.8 Å². The molecule has 0 amide bonds. The van der Waals surface area contributed by atoms with E-state index >= 15 is 0 Å². The number of aromatic nitrogens is 1. The molecule has 128 valence electrons. The maximum Gasteiger partial charge on any atom is 0.430 e. The fourth-order valence-corrected chi connectivity index (χ4v) is 2.51. The molecule has 0 unspecified atom stereocenters. The molecule has 0 saturated carbocycles. The van der Waals surface area contributed by atoms with E-state index in [-0.39, 0.29) is 11.6 Å². The zero-order chi connectivity index (χ0) is 18.2. The molecule has 6 heteroatoms. The molecule has 0 bridgehead atoms. The molecule has 0 saturated heterocycles. The van der Waals surface area contributed by atoms with Crippen molar-refractivity contribution in [1.29, 1.82) is 0 Å². The van der Waals surface area contributed by atoms with Gasteiger partial charge in [-0.05, 0) is 53.3 Å². The van der Waals surface area contributed by atoms with Crippen molar-refractivity contribution in [2.24, 2.45) is 0 Å². The number of hydrogen-bond donors (Lipinski definition) is 1. The molecule has 1 heterocycles. The Hall–Kier alpha value is -2.89. The van der Waals surface area contributed by atoms with Crippen molar-refractivity contribution in [2.45, 2.75) is 13.1 Å². The van der Waals surface area contributed by atoms with Crippen molar-refractivity contribution in [2.75, 3.05) is 5.32 Å². The summed E-state index contributed by atoms with van der Waals surface area (Å²) in [7, 11) is 0. The van der Waals surface area contributed by atoms with E-state index < -0.39 is 11.9 Å². The van der Waals surface area contributed by atoms with Gasteiger partial charge in [0.1, 0.15) is 17.3 Å². The van der Waals surface area contributed by atoms with Gasteiger partial charge in [0.05, 0.1) is 0 Å². The molecule has 0 fully saturated rings. The summed E-state index contributed by atoms with van der Waals surface area (Å²) in [6.45, 7) is 4.84. The van der Waals surface area contributed by atoms with Crippen LogP contribution in [0.3, 0.4) is 0 Å². The third-order valence-corrected chi connectivity index (χ3v) is 3.85. The number of aryl methyl sites for hydroxylation is 1. The highest BCUT2D eigenvalue weighted by Gasteiger charge is 2.32. The number of pyridine rings is 1. The van der Waals surface area contributed by atoms with Crippen LogP contribution < -0.4 is 5.32 Å². The molecule has 0 atom stereocenters. The van der Waals surface area contributed by atoms with Crippen LogP contribution in [0.1, 0.15) is 5.56 Å². The lowest BCUT2D eigenvalue weighted by molar-refractivity contribution is -0.0898. The van der Waals surface area contributed by atoms with Gasteiger partial charge in [-0.15, -0.1) is 0 Å². The molecule has 0 aliphatic heterocycles. The van der Waals surface area contributed by atoms with Gasteiger partial charge < -0.3 is 5.32 Å². The van der Waals surface area contributed by atoms with Crippen molar-refractivity contribution >= 4 is 16.6 Å². The van der Waals surface area contributed by atoms with Crippen LogP contribution in [0.2, 0.25) is 0 Å². The summed E-state index contributed by atoms with van der Waals surface area (Å²) in [5.74, 6) is -0.270. The van der Waals surface area contributed by atoms with E-state index in [1.807, 2.05) is 13.0 Å². The van der Waals surface area contributed by atoms with Crippen LogP contribution in [0.15, 0.2) is 60.9 Å². The van der Waals surface area contributed by atoms with Gasteiger partial charge in [-0.3, -0.25) is 0 Å². The first-order valence-electron chi connectivity index (χ1n) is 7.43. The Morgan fingerprint density at radius 1 is 1.04 bits per heavy atom. The predicted molar refractivity (Wildman–Crippen MR) is 90.7 cm³/mol. The van der Waals surface area contributed by atoms with E-state index in [4.69, 9.17) is 0 Å². The minimum Gasteiger partial charge on any atom is -0.337 e. The van der Waals surface area contributed by atoms with Crippen molar-refractivity contribution in [3.63, 3.8) is 0 Å². The van der Waals surface area contributed by atoms with Gasteiger partial charge in [-0.25, -0.2) is 9.37 Å². The molecule has 3 rings (SSSR count). The number of alkyl halides is 3. The Kier molecular flexibility index (Phi) is 4.20. The number of benzene rings is 2. The van der Waals surface area contributed by atoms with Gasteiger partial charge in [0.15, 0.2) is 0 Å². The molecular formula is C19H14F4N2. The summed E-state index contributed by atoms with van der Waals surface area (Å²) in [6, 6.07) is 11.4. The molecule has 0 spiro atoms. The van der Waals surface area contributed by atoms with Crippen molar-refractivity contribution in [3.05, 3.63) is 72.3 Å². The number of nitrogens with one attached hydrogen (secondary N) is 1. The second-order valence-electron chi connectivity index (χ2n) is 5.69. The fraction of sp³-hybridized carbons (Fsp3) is 0.105. The first kappa shape index (κ1) is 17.0. The van der Waals surface area contributed by atoms with E-state index in [2.05, 4.69) is 16.9 Å². The third-order valence-electron chi connectivity index (χ3n) is 3.85. The highest BCUT2D eigenvalue weighted by Crippen LogP contribution is 2.29. The Balaban J connectivity index is 1.96. The lowest BCUT2D eigenvalue weighted by atomic mass is 9.98. The van der Waals surface area contributed by atoms with E-state index in [1.165, 1.54) is 24.4 Å². The highest BCUT2D eigenvalue weighted by atomic mass is 19.4. The number of allylic oxidation sites excluding steroid dienone is 1. The number of nitrogens with zero attached hydrogens (tertiary/aromatic N) is 1. The van der Waals surface area contributed by atoms with E-state index in [0.717, 1.165) is 22.1 Å². The van der Waals surface area contributed by atoms with Crippen molar-refractivity contribution in [1.82, 2.24) is 4.98 Å². The number of rotatable bonds is 3. The van der Waals surface area contributed by atoms with E-state index in [1.54, 1.807) is 18.2 Å². The van der Waals surface area contributed by atoms with Crippen LogP contribution in [0.25, 0.3) is 21.9 Å². The Bertz CT molecular complexity index is 961. The van der Waals surface area contributed by atoms with Crippen LogP contribution in [-0.2, 0) is 0 Å². The molecule has 0 aliphatic carbocycles. The summed E-state index contributed by atoms with van der Waals surface area (Å²) in [6.07, 6.45) is -3.06. The van der Waals surface area contributed by atoms with Gasteiger partial charge in [0.2, 0.25) is 0 Å². The van der Waals surface area contributed by atoms with Gasteiger partial charge in [0.25, 0.3) is 0 Å². The quantitative estimate of drug-likeness (QED) is 0.603. The van der Waals surface area contributed by atoms with Crippen LogP contribution in [0, 0.1) is 12.7 Å². The molecule has 2 nitrogen and oxygen atoms in total. The normalized spacial score (nSPS) is 11.6. The molecule has 1 N–H and O–H groups in total. The fourth-order valence-electron chi connectivity index (χ4n) is 2.51. The Morgan fingerprint density at radius 2 is 1.80 bits per heavy atom. The maximum absolute atomic E-state index is 13.5. The molecule has 0 radical (unpaired) electrons. The Labute approximate surface area is 141 Å². The summed E-state index contributed by atoms with van der Waals surface area (Å²) >= 11 is 0. The SMILES string of the molecule is C=C(Nc1cc2ccc(-c3cc(F)ccc3C)cc2cn1)C(F)(F)F. The summed E-state index contributed by atoms with van der Waals surface area (Å²) in [5.41, 5.74) is 1.42. The lowest BCUT2D eigenvalue weighted by Gasteiger charge is -2.13. The largest absolute Gasteiger partial charge is 0.430 e. The van der Waals surface area contributed by atoms with Gasteiger partial charge >= 0.3 is 6.18 Å². The van der Waals surface area contributed by atoms with Crippen molar-refractivity contribution < 1.29 is 17.6 Å². The number of halogens is 4. The monoisotopic (exact) mass is 346 g/mol. The van der Waals surface area contributed by atoms with Crippen molar-refractivity contribution in [3.8, 4) is 11.1 Å². The highest BCUT2D eigenvalue weighted by molar-refractivity contribution is 5.88. The molecule has 2 aromatic carbocycles. The molecule has 25 heavy (non-hydrogen) atoms. The molecular weight excluding hydrogens is 332 g/mol. The predicted octanol–water partition coefficient (Wildman–Crippen LogP) is 5.84. The maximum atomic E-state index is 13.5. The first-order chi connectivity index (χ1) is 11.7. The number of anilines is 1. The summed E-state index contributed by atoms with van der Waals surface area (Å²) in [4.78, 5) is 3.99. The molecule has 1 aromatic heterocycles. The van der Waals surface area contributed by atoms with Gasteiger partial charge in [0, 0.05) is 11.6 Å².